The van der Waals surface area contributed by atoms with E-state index in [4.69, 9.17) is 4.74 Å². The minimum absolute atomic E-state index is 0.0540. The lowest BCUT2D eigenvalue weighted by Crippen LogP contribution is -2.19. The molecule has 0 saturated heterocycles. The summed E-state index contributed by atoms with van der Waals surface area (Å²) in [4.78, 5) is 12.6. The first-order chi connectivity index (χ1) is 12.1. The van der Waals surface area contributed by atoms with Crippen LogP contribution < -0.4 is 10.1 Å². The fourth-order valence-electron chi connectivity index (χ4n) is 3.03. The largest absolute Gasteiger partial charge is 0.497 e. The molecule has 4 rings (SSSR count). The van der Waals surface area contributed by atoms with E-state index >= 15 is 0 Å². The Bertz CT molecular complexity index is 928. The fraction of sp³-hybridized carbons (Fsp3) is 0.300. The number of hydrogen-bond donors (Lipinski definition) is 2. The van der Waals surface area contributed by atoms with Crippen LogP contribution in [0.4, 0.5) is 5.82 Å². The van der Waals surface area contributed by atoms with E-state index in [1.807, 2.05) is 43.3 Å². The molecule has 5 heteroatoms. The predicted octanol–water partition coefficient (Wildman–Crippen LogP) is 4.19. The van der Waals surface area contributed by atoms with Crippen LogP contribution in [-0.2, 0) is 4.79 Å². The highest BCUT2D eigenvalue weighted by atomic mass is 16.5. The number of fused-ring (bicyclic) bond motifs is 1. The number of H-pyrrole nitrogens is 1. The zero-order valence-electron chi connectivity index (χ0n) is 14.4. The van der Waals surface area contributed by atoms with Crippen molar-refractivity contribution in [1.82, 2.24) is 10.2 Å². The van der Waals surface area contributed by atoms with Crippen LogP contribution in [0.5, 0.6) is 5.75 Å². The molecule has 1 saturated carbocycles. The molecule has 3 aromatic rings. The van der Waals surface area contributed by atoms with Crippen LogP contribution in [0.1, 0.15) is 42.9 Å². The number of anilines is 1. The van der Waals surface area contributed by atoms with Gasteiger partial charge in [-0.05, 0) is 48.2 Å². The van der Waals surface area contributed by atoms with Crippen molar-refractivity contribution in [2.45, 2.75) is 31.6 Å². The second-order valence-electron chi connectivity index (χ2n) is 6.67. The van der Waals surface area contributed by atoms with E-state index in [1.54, 1.807) is 7.11 Å². The van der Waals surface area contributed by atoms with Crippen molar-refractivity contribution in [1.29, 1.82) is 0 Å². The second kappa shape index (κ2) is 6.24. The number of carbonyl (C=O) groups is 1. The van der Waals surface area contributed by atoms with Crippen molar-refractivity contribution < 1.29 is 9.53 Å². The lowest BCUT2D eigenvalue weighted by molar-refractivity contribution is -0.117. The van der Waals surface area contributed by atoms with Crippen LogP contribution in [0.3, 0.4) is 0 Å². The summed E-state index contributed by atoms with van der Waals surface area (Å²) >= 11 is 0. The van der Waals surface area contributed by atoms with Gasteiger partial charge in [-0.25, -0.2) is 0 Å². The molecule has 0 bridgehead atoms. The fourth-order valence-corrected chi connectivity index (χ4v) is 3.03. The number of nitrogens with zero attached hydrogens (tertiary/aromatic N) is 1. The zero-order chi connectivity index (χ0) is 17.4. The maximum atomic E-state index is 12.6. The number of benzene rings is 2. The molecule has 1 heterocycles. The van der Waals surface area contributed by atoms with E-state index in [9.17, 15) is 4.79 Å². The summed E-state index contributed by atoms with van der Waals surface area (Å²) in [5.74, 6) is 1.71. The first kappa shape index (κ1) is 15.7. The number of ether oxygens (including phenoxy) is 1. The molecule has 1 aliphatic carbocycles. The summed E-state index contributed by atoms with van der Waals surface area (Å²) in [6.45, 7) is 1.91. The number of aromatic amines is 1. The minimum Gasteiger partial charge on any atom is -0.497 e. The molecule has 0 spiro atoms. The van der Waals surface area contributed by atoms with Gasteiger partial charge < -0.3 is 10.1 Å². The van der Waals surface area contributed by atoms with Gasteiger partial charge in [0.1, 0.15) is 5.75 Å². The standard InChI is InChI=1S/C20H21N3O2/c1-12(20(24)21-19-11-18(22-23-19)13-3-4-13)14-5-6-16-10-17(25-2)8-7-15(16)9-14/h5-13H,3-4H2,1-2H3,(H2,21,22,23,24)/t12-/m0/s1. The van der Waals surface area contributed by atoms with Gasteiger partial charge in [-0.2, -0.15) is 5.10 Å². The highest BCUT2D eigenvalue weighted by Gasteiger charge is 2.26. The molecule has 1 amide bonds. The lowest BCUT2D eigenvalue weighted by Gasteiger charge is -2.12. The normalized spacial score (nSPS) is 15.1. The minimum atomic E-state index is -0.257. The summed E-state index contributed by atoms with van der Waals surface area (Å²) in [6.07, 6.45) is 2.40. The molecule has 0 aliphatic heterocycles. The van der Waals surface area contributed by atoms with Gasteiger partial charge in [0.15, 0.2) is 5.82 Å². The Morgan fingerprint density at radius 1 is 1.20 bits per heavy atom. The Labute approximate surface area is 146 Å². The number of hydrogen-bond acceptors (Lipinski definition) is 3. The monoisotopic (exact) mass is 335 g/mol. The molecule has 0 radical (unpaired) electrons. The van der Waals surface area contributed by atoms with Gasteiger partial charge in [0.05, 0.1) is 13.0 Å². The van der Waals surface area contributed by atoms with E-state index in [1.165, 1.54) is 12.8 Å². The number of amides is 1. The van der Waals surface area contributed by atoms with Crippen LogP contribution >= 0.6 is 0 Å². The Kier molecular flexibility index (Phi) is 3.92. The van der Waals surface area contributed by atoms with Crippen LogP contribution in [0.15, 0.2) is 42.5 Å². The van der Waals surface area contributed by atoms with Crippen molar-refractivity contribution in [2.75, 3.05) is 12.4 Å². The van der Waals surface area contributed by atoms with E-state index in [2.05, 4.69) is 21.6 Å². The Balaban J connectivity index is 1.51. The third-order valence-corrected chi connectivity index (χ3v) is 4.83. The quantitative estimate of drug-likeness (QED) is 0.734. The highest BCUT2D eigenvalue weighted by Crippen LogP contribution is 2.39. The lowest BCUT2D eigenvalue weighted by atomic mass is 9.97. The molecule has 2 aromatic carbocycles. The molecule has 25 heavy (non-hydrogen) atoms. The van der Waals surface area contributed by atoms with Gasteiger partial charge in [0.2, 0.25) is 5.91 Å². The summed E-state index contributed by atoms with van der Waals surface area (Å²) < 4.78 is 5.25. The molecular weight excluding hydrogens is 314 g/mol. The van der Waals surface area contributed by atoms with Crippen LogP contribution in [0, 0.1) is 0 Å². The number of methoxy groups -OCH3 is 1. The average Bonchev–Trinajstić information content (AvgIpc) is 3.39. The Morgan fingerprint density at radius 3 is 2.72 bits per heavy atom. The molecular formula is C20H21N3O2. The molecule has 1 aliphatic rings. The van der Waals surface area contributed by atoms with Crippen LogP contribution in [-0.4, -0.2) is 23.2 Å². The SMILES string of the molecule is COc1ccc2cc([C@H](C)C(=O)Nc3cc(C4CC4)[nH]n3)ccc2c1. The van der Waals surface area contributed by atoms with Gasteiger partial charge in [0, 0.05) is 17.7 Å². The first-order valence-corrected chi connectivity index (χ1v) is 8.58. The third kappa shape index (κ3) is 3.22. The maximum absolute atomic E-state index is 12.6. The van der Waals surface area contributed by atoms with Crippen molar-refractivity contribution in [3.63, 3.8) is 0 Å². The van der Waals surface area contributed by atoms with Crippen molar-refractivity contribution in [3.8, 4) is 5.75 Å². The van der Waals surface area contributed by atoms with Crippen molar-refractivity contribution in [2.24, 2.45) is 0 Å². The zero-order valence-corrected chi connectivity index (χ0v) is 14.4. The molecule has 2 N–H and O–H groups in total. The van der Waals surface area contributed by atoms with E-state index in [-0.39, 0.29) is 11.8 Å². The molecule has 128 valence electrons. The van der Waals surface area contributed by atoms with Gasteiger partial charge in [0.25, 0.3) is 0 Å². The van der Waals surface area contributed by atoms with Crippen molar-refractivity contribution in [3.05, 3.63) is 53.7 Å². The van der Waals surface area contributed by atoms with E-state index in [0.717, 1.165) is 27.8 Å². The van der Waals surface area contributed by atoms with Gasteiger partial charge in [-0.15, -0.1) is 0 Å². The summed E-state index contributed by atoms with van der Waals surface area (Å²) in [6, 6.07) is 13.9. The molecule has 1 fully saturated rings. The summed E-state index contributed by atoms with van der Waals surface area (Å²) in [5.41, 5.74) is 2.09. The number of nitrogens with one attached hydrogen (secondary N) is 2. The predicted molar refractivity (Wildman–Crippen MR) is 98.1 cm³/mol. The summed E-state index contributed by atoms with van der Waals surface area (Å²) in [7, 11) is 1.66. The first-order valence-electron chi connectivity index (χ1n) is 8.58. The van der Waals surface area contributed by atoms with Crippen molar-refractivity contribution >= 4 is 22.5 Å². The molecule has 5 nitrogen and oxygen atoms in total. The van der Waals surface area contributed by atoms with Gasteiger partial charge in [-0.3, -0.25) is 9.89 Å². The Morgan fingerprint density at radius 2 is 1.96 bits per heavy atom. The molecule has 1 aromatic heterocycles. The smallest absolute Gasteiger partial charge is 0.232 e. The molecule has 0 unspecified atom stereocenters. The van der Waals surface area contributed by atoms with Crippen LogP contribution in [0.25, 0.3) is 10.8 Å². The Hall–Kier alpha value is -2.82. The second-order valence-corrected chi connectivity index (χ2v) is 6.67. The van der Waals surface area contributed by atoms with Crippen LogP contribution in [0.2, 0.25) is 0 Å². The van der Waals surface area contributed by atoms with E-state index in [0.29, 0.717) is 11.7 Å². The summed E-state index contributed by atoms with van der Waals surface area (Å²) in [5, 5.41) is 12.3. The van der Waals surface area contributed by atoms with E-state index < -0.39 is 0 Å². The average molecular weight is 335 g/mol. The van der Waals surface area contributed by atoms with Gasteiger partial charge in [-0.1, -0.05) is 24.3 Å². The number of carbonyl (C=O) groups excluding carboxylic acids is 1. The topological polar surface area (TPSA) is 67.0 Å². The number of rotatable bonds is 5. The van der Waals surface area contributed by atoms with Gasteiger partial charge >= 0.3 is 0 Å². The highest BCUT2D eigenvalue weighted by molar-refractivity contribution is 5.96. The maximum Gasteiger partial charge on any atom is 0.232 e. The molecule has 1 atom stereocenters. The third-order valence-electron chi connectivity index (χ3n) is 4.83. The number of aromatic nitrogens is 2.